The highest BCUT2D eigenvalue weighted by molar-refractivity contribution is 5.35. The summed E-state index contributed by atoms with van der Waals surface area (Å²) >= 11 is 0. The van der Waals surface area contributed by atoms with Crippen LogP contribution < -0.4 is 9.64 Å². The van der Waals surface area contributed by atoms with Crippen LogP contribution in [0.5, 0.6) is 5.75 Å². The summed E-state index contributed by atoms with van der Waals surface area (Å²) in [5.41, 5.74) is 1.27. The number of benzene rings is 1. The van der Waals surface area contributed by atoms with Crippen molar-refractivity contribution in [3.63, 3.8) is 0 Å². The minimum absolute atomic E-state index is 0.912. The van der Waals surface area contributed by atoms with Crippen LogP contribution in [0, 0.1) is 0 Å². The molecule has 0 unspecified atom stereocenters. The van der Waals surface area contributed by atoms with E-state index in [1.54, 1.807) is 7.11 Å². The summed E-state index contributed by atoms with van der Waals surface area (Å²) in [6.45, 7) is 0. The molecule has 11 heavy (non-hydrogen) atoms. The van der Waals surface area contributed by atoms with Gasteiger partial charge in [-0.05, 0) is 12.1 Å². The Morgan fingerprint density at radius 2 is 1.64 bits per heavy atom. The standard InChI is InChI=1S/C9H13NO/c1-10(2)8-4-6-9(11-3)7-5-8/h4-7H,1-3H3/p+1. The Bertz CT molecular complexity index is 216. The van der Waals surface area contributed by atoms with Crippen molar-refractivity contribution in [1.82, 2.24) is 0 Å². The number of hydrogen-bond acceptors (Lipinski definition) is 1. The fraction of sp³-hybridized carbons (Fsp3) is 0.333. The molecule has 1 rings (SSSR count). The second-order valence-electron chi connectivity index (χ2n) is 2.73. The zero-order valence-electron chi connectivity index (χ0n) is 7.22. The van der Waals surface area contributed by atoms with Crippen LogP contribution in [0.2, 0.25) is 0 Å². The number of quaternary nitrogens is 1. The third kappa shape index (κ3) is 1.95. The number of nitrogens with one attached hydrogen (secondary N) is 1. The predicted octanol–water partition coefficient (Wildman–Crippen LogP) is 0.471. The van der Waals surface area contributed by atoms with E-state index >= 15 is 0 Å². The molecule has 1 aromatic rings. The average Bonchev–Trinajstić information content (AvgIpc) is 2.05. The van der Waals surface area contributed by atoms with Gasteiger partial charge < -0.3 is 9.64 Å². The van der Waals surface area contributed by atoms with Gasteiger partial charge in [-0.25, -0.2) is 0 Å². The van der Waals surface area contributed by atoms with Crippen molar-refractivity contribution in [2.45, 2.75) is 0 Å². The Morgan fingerprint density at radius 3 is 2.00 bits per heavy atom. The lowest BCUT2D eigenvalue weighted by atomic mass is 10.3. The molecule has 0 bridgehead atoms. The summed E-state index contributed by atoms with van der Waals surface area (Å²) in [7, 11) is 5.88. The van der Waals surface area contributed by atoms with E-state index in [-0.39, 0.29) is 0 Å². The highest BCUT2D eigenvalue weighted by Crippen LogP contribution is 2.11. The molecule has 0 saturated heterocycles. The van der Waals surface area contributed by atoms with E-state index in [1.807, 2.05) is 12.1 Å². The van der Waals surface area contributed by atoms with Crippen molar-refractivity contribution >= 4 is 5.69 Å². The Kier molecular flexibility index (Phi) is 2.49. The number of methoxy groups -OCH3 is 1. The first-order valence-electron chi connectivity index (χ1n) is 3.68. The zero-order valence-corrected chi connectivity index (χ0v) is 7.22. The van der Waals surface area contributed by atoms with Gasteiger partial charge in [0.15, 0.2) is 0 Å². The molecule has 0 aliphatic rings. The van der Waals surface area contributed by atoms with Crippen molar-refractivity contribution < 1.29 is 9.64 Å². The van der Waals surface area contributed by atoms with Crippen molar-refractivity contribution in [2.75, 3.05) is 21.2 Å². The Labute approximate surface area is 67.4 Å². The predicted molar refractivity (Wildman–Crippen MR) is 45.5 cm³/mol. The van der Waals surface area contributed by atoms with E-state index in [2.05, 4.69) is 26.2 Å². The molecule has 2 nitrogen and oxygen atoms in total. The van der Waals surface area contributed by atoms with Gasteiger partial charge in [-0.1, -0.05) is 0 Å². The van der Waals surface area contributed by atoms with Gasteiger partial charge in [0.05, 0.1) is 21.2 Å². The molecule has 0 saturated carbocycles. The molecule has 0 fully saturated rings. The van der Waals surface area contributed by atoms with Crippen LogP contribution in [0.15, 0.2) is 24.3 Å². The molecule has 2 heteroatoms. The number of rotatable bonds is 2. The lowest BCUT2D eigenvalue weighted by molar-refractivity contribution is -0.786. The van der Waals surface area contributed by atoms with Crippen molar-refractivity contribution in [3.05, 3.63) is 24.3 Å². The van der Waals surface area contributed by atoms with Crippen LogP contribution >= 0.6 is 0 Å². The van der Waals surface area contributed by atoms with Crippen LogP contribution in [0.3, 0.4) is 0 Å². The first-order valence-corrected chi connectivity index (χ1v) is 3.68. The first kappa shape index (κ1) is 8.08. The fourth-order valence-electron chi connectivity index (χ4n) is 0.924. The Morgan fingerprint density at radius 1 is 1.09 bits per heavy atom. The molecule has 0 spiro atoms. The summed E-state index contributed by atoms with van der Waals surface area (Å²) in [5.74, 6) is 0.912. The van der Waals surface area contributed by atoms with E-state index < -0.39 is 0 Å². The van der Waals surface area contributed by atoms with Gasteiger partial charge in [-0.2, -0.15) is 0 Å². The molecule has 0 radical (unpaired) electrons. The number of ether oxygens (including phenoxy) is 1. The molecule has 0 atom stereocenters. The third-order valence-electron chi connectivity index (χ3n) is 1.67. The Balaban J connectivity index is 2.83. The molecule has 0 aliphatic carbocycles. The normalized spacial score (nSPS) is 10.2. The van der Waals surface area contributed by atoms with Crippen LogP contribution in [0.1, 0.15) is 0 Å². The largest absolute Gasteiger partial charge is 0.497 e. The lowest BCUT2D eigenvalue weighted by Gasteiger charge is -2.06. The highest BCUT2D eigenvalue weighted by Gasteiger charge is 1.98. The molecule has 0 heterocycles. The van der Waals surface area contributed by atoms with Gasteiger partial charge in [-0.3, -0.25) is 0 Å². The van der Waals surface area contributed by atoms with Gasteiger partial charge in [0, 0.05) is 12.1 Å². The number of hydrogen-bond donors (Lipinski definition) is 1. The smallest absolute Gasteiger partial charge is 0.131 e. The van der Waals surface area contributed by atoms with Gasteiger partial charge in [0.2, 0.25) is 0 Å². The molecule has 0 amide bonds. The second-order valence-corrected chi connectivity index (χ2v) is 2.73. The maximum atomic E-state index is 5.04. The van der Waals surface area contributed by atoms with Gasteiger partial charge in [-0.15, -0.1) is 0 Å². The second kappa shape index (κ2) is 3.39. The molecular weight excluding hydrogens is 138 g/mol. The zero-order chi connectivity index (χ0) is 8.27. The van der Waals surface area contributed by atoms with Crippen LogP contribution in [0.25, 0.3) is 0 Å². The van der Waals surface area contributed by atoms with Gasteiger partial charge >= 0.3 is 0 Å². The SMILES string of the molecule is COc1ccc([NH+](C)C)cc1. The van der Waals surface area contributed by atoms with Crippen LogP contribution in [0.4, 0.5) is 5.69 Å². The first-order chi connectivity index (χ1) is 5.24. The maximum Gasteiger partial charge on any atom is 0.131 e. The van der Waals surface area contributed by atoms with Crippen molar-refractivity contribution in [3.8, 4) is 5.75 Å². The van der Waals surface area contributed by atoms with E-state index in [0.717, 1.165) is 5.75 Å². The third-order valence-corrected chi connectivity index (χ3v) is 1.67. The minimum atomic E-state index is 0.912. The maximum absolute atomic E-state index is 5.04. The van der Waals surface area contributed by atoms with Gasteiger partial charge in [0.25, 0.3) is 0 Å². The summed E-state index contributed by atoms with van der Waals surface area (Å²) in [4.78, 5) is 1.33. The molecule has 1 aromatic carbocycles. The molecule has 60 valence electrons. The van der Waals surface area contributed by atoms with E-state index in [1.165, 1.54) is 10.6 Å². The molecule has 0 aliphatic heterocycles. The average molecular weight is 152 g/mol. The lowest BCUT2D eigenvalue weighted by Crippen LogP contribution is -3.00. The Hall–Kier alpha value is -1.02. The topological polar surface area (TPSA) is 13.7 Å². The van der Waals surface area contributed by atoms with E-state index in [4.69, 9.17) is 4.74 Å². The molecular formula is C9H14NO+. The van der Waals surface area contributed by atoms with Crippen molar-refractivity contribution in [2.24, 2.45) is 0 Å². The van der Waals surface area contributed by atoms with Crippen LogP contribution in [-0.4, -0.2) is 21.2 Å². The molecule has 1 N–H and O–H groups in total. The summed E-state index contributed by atoms with van der Waals surface area (Å²) in [6, 6.07) is 8.08. The van der Waals surface area contributed by atoms with E-state index in [9.17, 15) is 0 Å². The fourth-order valence-corrected chi connectivity index (χ4v) is 0.924. The van der Waals surface area contributed by atoms with Crippen LogP contribution in [-0.2, 0) is 0 Å². The van der Waals surface area contributed by atoms with Crippen molar-refractivity contribution in [1.29, 1.82) is 0 Å². The van der Waals surface area contributed by atoms with E-state index in [0.29, 0.717) is 0 Å². The molecule has 0 aromatic heterocycles. The summed E-state index contributed by atoms with van der Waals surface area (Å²) in [5, 5.41) is 0. The summed E-state index contributed by atoms with van der Waals surface area (Å²) < 4.78 is 5.04. The quantitative estimate of drug-likeness (QED) is 0.650. The monoisotopic (exact) mass is 152 g/mol. The highest BCUT2D eigenvalue weighted by atomic mass is 16.5. The van der Waals surface area contributed by atoms with Gasteiger partial charge in [0.1, 0.15) is 11.4 Å². The minimum Gasteiger partial charge on any atom is -0.497 e. The summed E-state index contributed by atoms with van der Waals surface area (Å²) in [6.07, 6.45) is 0.